The highest BCUT2D eigenvalue weighted by atomic mass is 32.2. The van der Waals surface area contributed by atoms with Crippen LogP contribution >= 0.6 is 0 Å². The van der Waals surface area contributed by atoms with Gasteiger partial charge in [-0.05, 0) is 43.2 Å². The third-order valence-electron chi connectivity index (χ3n) is 5.94. The molecular formula is C22H21F2N3O5S. The molecule has 8 nitrogen and oxygen atoms in total. The van der Waals surface area contributed by atoms with Crippen LogP contribution in [0.1, 0.15) is 18.9 Å². The molecule has 0 bridgehead atoms. The van der Waals surface area contributed by atoms with Crippen molar-refractivity contribution in [2.24, 2.45) is 0 Å². The molecule has 2 aliphatic heterocycles. The molecule has 2 unspecified atom stereocenters. The van der Waals surface area contributed by atoms with E-state index in [0.29, 0.717) is 10.6 Å². The Hall–Kier alpha value is -3.34. The highest BCUT2D eigenvalue weighted by Crippen LogP contribution is 2.31. The number of halogens is 2. The number of hydrogen-bond donors (Lipinski definition) is 1. The molecule has 2 heterocycles. The Labute approximate surface area is 189 Å². The Morgan fingerprint density at radius 2 is 1.85 bits per heavy atom. The molecule has 0 radical (unpaired) electrons. The average molecular weight is 477 g/mol. The number of anilines is 1. The van der Waals surface area contributed by atoms with Gasteiger partial charge in [0.2, 0.25) is 5.91 Å². The van der Waals surface area contributed by atoms with Crippen molar-refractivity contribution in [1.29, 1.82) is 0 Å². The topological polar surface area (TPSA) is 104 Å². The van der Waals surface area contributed by atoms with E-state index in [1.54, 1.807) is 30.3 Å². The van der Waals surface area contributed by atoms with Crippen molar-refractivity contribution in [3.8, 4) is 0 Å². The van der Waals surface area contributed by atoms with Crippen LogP contribution in [0.5, 0.6) is 0 Å². The summed E-state index contributed by atoms with van der Waals surface area (Å²) in [7, 11) is -3.31. The molecule has 0 spiro atoms. The van der Waals surface area contributed by atoms with E-state index in [0.717, 1.165) is 12.1 Å². The van der Waals surface area contributed by atoms with Crippen molar-refractivity contribution in [2.45, 2.75) is 24.9 Å². The molecule has 2 fully saturated rings. The molecule has 11 heteroatoms. The fraction of sp³-hybridized carbons (Fsp3) is 0.318. The van der Waals surface area contributed by atoms with E-state index in [2.05, 4.69) is 5.32 Å². The molecule has 2 aromatic rings. The summed E-state index contributed by atoms with van der Waals surface area (Å²) in [6, 6.07) is 9.74. The van der Waals surface area contributed by atoms with E-state index in [9.17, 15) is 31.6 Å². The van der Waals surface area contributed by atoms with Crippen LogP contribution in [-0.4, -0.2) is 55.3 Å². The van der Waals surface area contributed by atoms with Gasteiger partial charge in [0.25, 0.3) is 5.91 Å². The van der Waals surface area contributed by atoms with Crippen LogP contribution in [0, 0.1) is 11.6 Å². The highest BCUT2D eigenvalue weighted by molar-refractivity contribution is 7.91. The largest absolute Gasteiger partial charge is 0.325 e. The van der Waals surface area contributed by atoms with Crippen molar-refractivity contribution >= 4 is 33.4 Å². The van der Waals surface area contributed by atoms with Gasteiger partial charge in [-0.25, -0.2) is 22.0 Å². The van der Waals surface area contributed by atoms with E-state index in [-0.39, 0.29) is 23.5 Å². The summed E-state index contributed by atoms with van der Waals surface area (Å²) < 4.78 is 51.1. The van der Waals surface area contributed by atoms with E-state index in [1.807, 2.05) is 0 Å². The second kappa shape index (κ2) is 8.22. The fourth-order valence-electron chi connectivity index (χ4n) is 4.18. The third-order valence-corrected chi connectivity index (χ3v) is 7.69. The number of hydrogen-bond acceptors (Lipinski definition) is 5. The molecule has 2 aromatic carbocycles. The van der Waals surface area contributed by atoms with Gasteiger partial charge in [0, 0.05) is 5.69 Å². The van der Waals surface area contributed by atoms with Crippen LogP contribution < -0.4 is 10.2 Å². The van der Waals surface area contributed by atoms with Gasteiger partial charge in [-0.2, -0.15) is 0 Å². The van der Waals surface area contributed by atoms with Crippen molar-refractivity contribution in [3.05, 3.63) is 65.7 Å². The van der Waals surface area contributed by atoms with Crippen LogP contribution in [0.15, 0.2) is 48.5 Å². The molecule has 2 atom stereocenters. The second-order valence-corrected chi connectivity index (χ2v) is 10.5. The highest BCUT2D eigenvalue weighted by Gasteiger charge is 2.50. The number of amides is 4. The molecule has 2 saturated heterocycles. The summed E-state index contributed by atoms with van der Waals surface area (Å²) in [5.41, 5.74) is -1.23. The summed E-state index contributed by atoms with van der Waals surface area (Å²) in [5, 5.41) is 2.44. The number of nitrogens with zero attached hydrogens (tertiary/aromatic N) is 2. The number of carbonyl (C=O) groups is 3. The Bertz CT molecular complexity index is 1240. The zero-order chi connectivity index (χ0) is 24.0. The first-order valence-corrected chi connectivity index (χ1v) is 12.0. The van der Waals surface area contributed by atoms with Gasteiger partial charge in [-0.3, -0.25) is 14.5 Å². The lowest BCUT2D eigenvalue weighted by Gasteiger charge is -2.30. The van der Waals surface area contributed by atoms with Crippen molar-refractivity contribution in [3.63, 3.8) is 0 Å². The Kier molecular flexibility index (Phi) is 5.69. The Morgan fingerprint density at radius 1 is 1.15 bits per heavy atom. The summed E-state index contributed by atoms with van der Waals surface area (Å²) in [5.74, 6) is -4.01. The second-order valence-electron chi connectivity index (χ2n) is 8.23. The zero-order valence-corrected chi connectivity index (χ0v) is 18.4. The maximum Gasteiger partial charge on any atom is 0.325 e. The molecule has 1 N–H and O–H groups in total. The molecule has 0 aromatic heterocycles. The number of urea groups is 1. The van der Waals surface area contributed by atoms with E-state index < -0.39 is 57.4 Å². The third kappa shape index (κ3) is 4.20. The number of benzene rings is 2. The summed E-state index contributed by atoms with van der Waals surface area (Å²) >= 11 is 0. The van der Waals surface area contributed by atoms with Crippen LogP contribution in [0.4, 0.5) is 19.3 Å². The minimum atomic E-state index is -3.31. The lowest BCUT2D eigenvalue weighted by atomic mass is 9.92. The quantitative estimate of drug-likeness (QED) is 0.663. The predicted molar refractivity (Wildman–Crippen MR) is 115 cm³/mol. The monoisotopic (exact) mass is 477 g/mol. The number of nitrogens with one attached hydrogen (secondary N) is 1. The standard InChI is InChI=1S/C22H21F2N3O5S/c1-22(14-7-8-17(23)18(24)11-14)20(29)26(21(30)25-22)12-19(28)27(15-5-3-2-4-6-15)16-9-10-33(31,32)13-16/h2-8,11,16H,9-10,12-13H2,1H3,(H,25,30). The maximum atomic E-state index is 13.7. The zero-order valence-electron chi connectivity index (χ0n) is 17.6. The van der Waals surface area contributed by atoms with Gasteiger partial charge >= 0.3 is 6.03 Å². The summed E-state index contributed by atoms with van der Waals surface area (Å²) in [4.78, 5) is 41.0. The fourth-order valence-corrected chi connectivity index (χ4v) is 5.88. The molecule has 33 heavy (non-hydrogen) atoms. The SMILES string of the molecule is CC1(c2ccc(F)c(F)c2)NC(=O)N(CC(=O)N(c2ccccc2)C2CCS(=O)(=O)C2)C1=O. The minimum Gasteiger partial charge on any atom is -0.319 e. The number of rotatable bonds is 5. The van der Waals surface area contributed by atoms with Crippen LogP contribution in [0.25, 0.3) is 0 Å². The van der Waals surface area contributed by atoms with E-state index >= 15 is 0 Å². The lowest BCUT2D eigenvalue weighted by molar-refractivity contribution is -0.134. The Balaban J connectivity index is 1.61. The summed E-state index contributed by atoms with van der Waals surface area (Å²) in [6.45, 7) is 0.693. The lowest BCUT2D eigenvalue weighted by Crippen LogP contribution is -2.48. The number of carbonyl (C=O) groups excluding carboxylic acids is 3. The molecule has 4 amide bonds. The molecule has 0 saturated carbocycles. The summed E-state index contributed by atoms with van der Waals surface area (Å²) in [6.07, 6.45) is 0.232. The maximum absolute atomic E-state index is 13.7. The molecule has 174 valence electrons. The van der Waals surface area contributed by atoms with E-state index in [1.165, 1.54) is 17.9 Å². The van der Waals surface area contributed by atoms with Gasteiger partial charge in [0.05, 0.1) is 17.5 Å². The average Bonchev–Trinajstić information content (AvgIpc) is 3.22. The molecule has 0 aliphatic carbocycles. The van der Waals surface area contributed by atoms with E-state index in [4.69, 9.17) is 0 Å². The van der Waals surface area contributed by atoms with Gasteiger partial charge < -0.3 is 10.2 Å². The molecule has 4 rings (SSSR count). The number of sulfone groups is 1. The predicted octanol–water partition coefficient (Wildman–Crippen LogP) is 1.95. The minimum absolute atomic E-state index is 0.0245. The van der Waals surface area contributed by atoms with Crippen LogP contribution in [0.2, 0.25) is 0 Å². The smallest absolute Gasteiger partial charge is 0.319 e. The molecule has 2 aliphatic rings. The van der Waals surface area contributed by atoms with Gasteiger partial charge in [0.15, 0.2) is 21.5 Å². The number of imide groups is 1. The van der Waals surface area contributed by atoms with Gasteiger partial charge in [-0.15, -0.1) is 0 Å². The first-order valence-electron chi connectivity index (χ1n) is 10.2. The first-order chi connectivity index (χ1) is 15.5. The number of para-hydroxylation sites is 1. The normalized spacial score (nSPS) is 24.1. The van der Waals surface area contributed by atoms with Crippen molar-refractivity contribution < 1.29 is 31.6 Å². The van der Waals surface area contributed by atoms with Gasteiger partial charge in [0.1, 0.15) is 12.1 Å². The Morgan fingerprint density at radius 3 is 2.45 bits per heavy atom. The van der Waals surface area contributed by atoms with Crippen LogP contribution in [-0.2, 0) is 25.0 Å². The van der Waals surface area contributed by atoms with Crippen molar-refractivity contribution in [1.82, 2.24) is 10.2 Å². The molecular weight excluding hydrogens is 456 g/mol. The first kappa shape index (κ1) is 22.8. The van der Waals surface area contributed by atoms with Crippen molar-refractivity contribution in [2.75, 3.05) is 23.0 Å². The van der Waals surface area contributed by atoms with Gasteiger partial charge in [-0.1, -0.05) is 24.3 Å². The van der Waals surface area contributed by atoms with Crippen LogP contribution in [0.3, 0.4) is 0 Å².